The maximum Gasteiger partial charge on any atom is 0.241 e. The van der Waals surface area contributed by atoms with E-state index in [0.29, 0.717) is 12.5 Å². The van der Waals surface area contributed by atoms with Crippen molar-refractivity contribution in [3.05, 3.63) is 29.8 Å². The zero-order valence-electron chi connectivity index (χ0n) is 12.4. The summed E-state index contributed by atoms with van der Waals surface area (Å²) < 4.78 is 53.1. The predicted octanol–water partition coefficient (Wildman–Crippen LogP) is 3.46. The van der Waals surface area contributed by atoms with Crippen molar-refractivity contribution in [2.45, 2.75) is 51.5 Å². The van der Waals surface area contributed by atoms with Gasteiger partial charge < -0.3 is 0 Å². The minimum Gasteiger partial charge on any atom is -0.207 e. The molecule has 0 aliphatic rings. The van der Waals surface area contributed by atoms with Gasteiger partial charge in [-0.1, -0.05) is 20.8 Å². The van der Waals surface area contributed by atoms with Gasteiger partial charge in [-0.3, -0.25) is 0 Å². The highest BCUT2D eigenvalue weighted by Crippen LogP contribution is 2.28. The third-order valence-corrected chi connectivity index (χ3v) is 4.21. The number of nitrogens with one attached hydrogen (secondary N) is 1. The van der Waals surface area contributed by atoms with Crippen LogP contribution in [0.3, 0.4) is 0 Å². The molecule has 0 aliphatic carbocycles. The van der Waals surface area contributed by atoms with Gasteiger partial charge in [0, 0.05) is 11.6 Å². The number of rotatable bonds is 4. The smallest absolute Gasteiger partial charge is 0.207 e. The molecule has 1 N–H and O–H groups in total. The van der Waals surface area contributed by atoms with E-state index in [9.17, 15) is 17.2 Å². The van der Waals surface area contributed by atoms with E-state index in [4.69, 9.17) is 0 Å². The van der Waals surface area contributed by atoms with E-state index < -0.39 is 32.1 Å². The van der Waals surface area contributed by atoms with Crippen LogP contribution in [-0.4, -0.2) is 14.0 Å². The predicted molar refractivity (Wildman–Crippen MR) is 74.8 cm³/mol. The van der Waals surface area contributed by atoms with E-state index in [1.54, 1.807) is 13.8 Å². The first-order valence-corrected chi connectivity index (χ1v) is 7.79. The van der Waals surface area contributed by atoms with Gasteiger partial charge in [0.2, 0.25) is 10.0 Å². The van der Waals surface area contributed by atoms with Crippen LogP contribution in [0.25, 0.3) is 0 Å². The summed E-state index contributed by atoms with van der Waals surface area (Å²) in [7, 11) is -3.97. The molecule has 1 aromatic rings. The maximum absolute atomic E-state index is 13.1. The molecule has 20 heavy (non-hydrogen) atoms. The summed E-state index contributed by atoms with van der Waals surface area (Å²) in [5, 5.41) is 0. The van der Waals surface area contributed by atoms with Crippen LogP contribution in [-0.2, 0) is 10.0 Å². The van der Waals surface area contributed by atoms with Crippen molar-refractivity contribution in [3.8, 4) is 0 Å². The van der Waals surface area contributed by atoms with Crippen LogP contribution in [0, 0.1) is 17.0 Å². The SMILES string of the molecule is CC(C)(C)CC(C)(C)NS(=O)(=O)c1cc(F)cc(F)c1. The van der Waals surface area contributed by atoms with Crippen LogP contribution >= 0.6 is 0 Å². The van der Waals surface area contributed by atoms with Crippen LogP contribution in [0.2, 0.25) is 0 Å². The summed E-state index contributed by atoms with van der Waals surface area (Å²) in [6.07, 6.45) is 0.580. The van der Waals surface area contributed by atoms with Gasteiger partial charge in [0.05, 0.1) is 4.90 Å². The van der Waals surface area contributed by atoms with Gasteiger partial charge in [0.25, 0.3) is 0 Å². The second-order valence-electron chi connectivity index (χ2n) is 6.83. The Kier molecular flexibility index (Phi) is 4.61. The van der Waals surface area contributed by atoms with Crippen molar-refractivity contribution in [1.29, 1.82) is 0 Å². The zero-order chi connectivity index (χ0) is 15.8. The Bertz CT molecular complexity index is 569. The molecular weight excluding hydrogens is 284 g/mol. The van der Waals surface area contributed by atoms with E-state index in [1.165, 1.54) is 0 Å². The van der Waals surface area contributed by atoms with E-state index in [2.05, 4.69) is 4.72 Å². The molecule has 0 saturated heterocycles. The van der Waals surface area contributed by atoms with Crippen molar-refractivity contribution in [2.75, 3.05) is 0 Å². The first-order chi connectivity index (χ1) is 8.81. The molecule has 6 heteroatoms. The standard InChI is InChI=1S/C14H21F2NO2S/c1-13(2,3)9-14(4,5)17-20(18,19)12-7-10(15)6-11(16)8-12/h6-8,17H,9H2,1-5H3. The number of hydrogen-bond donors (Lipinski definition) is 1. The van der Waals surface area contributed by atoms with Gasteiger partial charge in [-0.05, 0) is 37.8 Å². The summed E-state index contributed by atoms with van der Waals surface area (Å²) in [5.74, 6) is -1.84. The molecule has 0 heterocycles. The molecule has 0 spiro atoms. The Labute approximate surface area is 119 Å². The minimum atomic E-state index is -3.97. The largest absolute Gasteiger partial charge is 0.241 e. The molecule has 0 unspecified atom stereocenters. The Morgan fingerprint density at radius 1 is 1.00 bits per heavy atom. The maximum atomic E-state index is 13.1. The van der Waals surface area contributed by atoms with Crippen molar-refractivity contribution < 1.29 is 17.2 Å². The van der Waals surface area contributed by atoms with Gasteiger partial charge in [-0.25, -0.2) is 21.9 Å². The van der Waals surface area contributed by atoms with E-state index >= 15 is 0 Å². The highest BCUT2D eigenvalue weighted by Gasteiger charge is 2.30. The fraction of sp³-hybridized carbons (Fsp3) is 0.571. The molecule has 0 aromatic heterocycles. The van der Waals surface area contributed by atoms with Gasteiger partial charge in [-0.15, -0.1) is 0 Å². The Hall–Kier alpha value is -1.01. The minimum absolute atomic E-state index is 0.0841. The monoisotopic (exact) mass is 305 g/mol. The van der Waals surface area contributed by atoms with E-state index in [1.807, 2.05) is 20.8 Å². The summed E-state index contributed by atoms with van der Waals surface area (Å²) in [5.41, 5.74) is -0.806. The molecule has 0 amide bonds. The lowest BCUT2D eigenvalue weighted by Gasteiger charge is -2.32. The van der Waals surface area contributed by atoms with Crippen LogP contribution in [0.4, 0.5) is 8.78 Å². The third kappa shape index (κ3) is 5.17. The lowest BCUT2D eigenvalue weighted by atomic mass is 9.82. The molecule has 0 atom stereocenters. The highest BCUT2D eigenvalue weighted by atomic mass is 32.2. The molecule has 0 saturated carbocycles. The van der Waals surface area contributed by atoms with Gasteiger partial charge >= 0.3 is 0 Å². The van der Waals surface area contributed by atoms with Crippen LogP contribution in [0.1, 0.15) is 41.0 Å². The molecule has 0 radical (unpaired) electrons. The van der Waals surface area contributed by atoms with E-state index in [-0.39, 0.29) is 5.41 Å². The average molecular weight is 305 g/mol. The van der Waals surface area contributed by atoms with Crippen molar-refractivity contribution >= 4 is 10.0 Å². The molecule has 1 rings (SSSR count). The molecule has 0 bridgehead atoms. The fourth-order valence-electron chi connectivity index (χ4n) is 2.47. The average Bonchev–Trinajstić information content (AvgIpc) is 2.09. The highest BCUT2D eigenvalue weighted by molar-refractivity contribution is 7.89. The molecule has 0 aliphatic heterocycles. The molecular formula is C14H21F2NO2S. The number of sulfonamides is 1. The second-order valence-corrected chi connectivity index (χ2v) is 8.51. The number of benzene rings is 1. The Balaban J connectivity index is 3.06. The molecule has 114 valence electrons. The Morgan fingerprint density at radius 2 is 1.45 bits per heavy atom. The lowest BCUT2D eigenvalue weighted by molar-refractivity contribution is 0.269. The summed E-state index contributed by atoms with van der Waals surface area (Å²) in [6, 6.07) is 2.25. The van der Waals surface area contributed by atoms with Crippen molar-refractivity contribution in [2.24, 2.45) is 5.41 Å². The fourth-order valence-corrected chi connectivity index (χ4v) is 3.92. The quantitative estimate of drug-likeness (QED) is 0.926. The third-order valence-electron chi connectivity index (χ3n) is 2.53. The van der Waals surface area contributed by atoms with Gasteiger partial charge in [-0.2, -0.15) is 0 Å². The molecule has 3 nitrogen and oxygen atoms in total. The van der Waals surface area contributed by atoms with Crippen LogP contribution in [0.5, 0.6) is 0 Å². The number of halogens is 2. The first-order valence-electron chi connectivity index (χ1n) is 6.31. The van der Waals surface area contributed by atoms with Crippen molar-refractivity contribution in [3.63, 3.8) is 0 Å². The molecule has 1 aromatic carbocycles. The van der Waals surface area contributed by atoms with Crippen LogP contribution in [0.15, 0.2) is 23.1 Å². The van der Waals surface area contributed by atoms with Gasteiger partial charge in [0.1, 0.15) is 11.6 Å². The molecule has 0 fully saturated rings. The zero-order valence-corrected chi connectivity index (χ0v) is 13.2. The van der Waals surface area contributed by atoms with Gasteiger partial charge in [0.15, 0.2) is 0 Å². The topological polar surface area (TPSA) is 46.2 Å². The second kappa shape index (κ2) is 5.41. The normalized spacial score (nSPS) is 13.6. The summed E-state index contributed by atoms with van der Waals surface area (Å²) >= 11 is 0. The van der Waals surface area contributed by atoms with E-state index in [0.717, 1.165) is 12.1 Å². The summed E-state index contributed by atoms with van der Waals surface area (Å²) in [4.78, 5) is -0.406. The number of hydrogen-bond acceptors (Lipinski definition) is 2. The summed E-state index contributed by atoms with van der Waals surface area (Å²) in [6.45, 7) is 9.46. The van der Waals surface area contributed by atoms with Crippen molar-refractivity contribution in [1.82, 2.24) is 4.72 Å². The van der Waals surface area contributed by atoms with Crippen LogP contribution < -0.4 is 4.72 Å². The Morgan fingerprint density at radius 3 is 1.85 bits per heavy atom. The first kappa shape index (κ1) is 17.0. The lowest BCUT2D eigenvalue weighted by Crippen LogP contribution is -2.45.